The molecule has 1 saturated carbocycles. The van der Waals surface area contributed by atoms with Crippen molar-refractivity contribution in [1.29, 1.82) is 0 Å². The van der Waals surface area contributed by atoms with Gasteiger partial charge in [0.05, 0.1) is 6.61 Å². The number of hydroxylamine groups is 1. The van der Waals surface area contributed by atoms with Crippen LogP contribution >= 0.6 is 0 Å². The van der Waals surface area contributed by atoms with E-state index in [4.69, 9.17) is 4.84 Å². The molecule has 0 atom stereocenters. The van der Waals surface area contributed by atoms with E-state index in [0.717, 1.165) is 13.2 Å². The fourth-order valence-corrected chi connectivity index (χ4v) is 1.73. The predicted molar refractivity (Wildman–Crippen MR) is 46.2 cm³/mol. The molecule has 11 heavy (non-hydrogen) atoms. The third-order valence-electron chi connectivity index (χ3n) is 2.56. The summed E-state index contributed by atoms with van der Waals surface area (Å²) in [6.07, 6.45) is 5.49. The number of rotatable bonds is 4. The van der Waals surface area contributed by atoms with Crippen molar-refractivity contribution in [1.82, 2.24) is 5.48 Å². The molecule has 1 aliphatic carbocycles. The zero-order chi connectivity index (χ0) is 8.16. The van der Waals surface area contributed by atoms with Gasteiger partial charge in [-0.15, -0.1) is 0 Å². The molecule has 0 aromatic rings. The second-order valence-electron chi connectivity index (χ2n) is 3.77. The van der Waals surface area contributed by atoms with Crippen molar-refractivity contribution in [2.75, 3.05) is 13.2 Å². The minimum Gasteiger partial charge on any atom is -0.302 e. The molecule has 0 aromatic carbocycles. The van der Waals surface area contributed by atoms with E-state index in [0.29, 0.717) is 5.41 Å². The molecule has 2 heteroatoms. The van der Waals surface area contributed by atoms with Crippen molar-refractivity contribution < 1.29 is 4.84 Å². The van der Waals surface area contributed by atoms with Crippen LogP contribution in [0.2, 0.25) is 0 Å². The van der Waals surface area contributed by atoms with Gasteiger partial charge in [-0.1, -0.05) is 19.8 Å². The quantitative estimate of drug-likeness (QED) is 0.498. The summed E-state index contributed by atoms with van der Waals surface area (Å²) < 4.78 is 0. The highest BCUT2D eigenvalue weighted by Gasteiger charge is 2.27. The Bertz CT molecular complexity index is 108. The highest BCUT2D eigenvalue weighted by Crippen LogP contribution is 2.36. The van der Waals surface area contributed by atoms with Gasteiger partial charge in [-0.3, -0.25) is 0 Å². The minimum atomic E-state index is 0.509. The van der Waals surface area contributed by atoms with Gasteiger partial charge in [0.25, 0.3) is 0 Å². The van der Waals surface area contributed by atoms with Crippen LogP contribution in [0.5, 0.6) is 0 Å². The van der Waals surface area contributed by atoms with Crippen LogP contribution in [0, 0.1) is 5.41 Å². The molecule has 0 heterocycles. The number of nitrogens with one attached hydrogen (secondary N) is 1. The maximum atomic E-state index is 5.11. The third kappa shape index (κ3) is 2.80. The van der Waals surface area contributed by atoms with E-state index in [1.54, 1.807) is 0 Å². The minimum absolute atomic E-state index is 0.509. The Balaban J connectivity index is 2.13. The molecule has 0 bridgehead atoms. The summed E-state index contributed by atoms with van der Waals surface area (Å²) >= 11 is 0. The first-order valence-electron chi connectivity index (χ1n) is 4.61. The molecule has 1 aliphatic rings. The molecule has 1 N–H and O–H groups in total. The highest BCUT2D eigenvalue weighted by molar-refractivity contribution is 4.80. The molecule has 0 unspecified atom stereocenters. The molecule has 0 radical (unpaired) electrons. The largest absolute Gasteiger partial charge is 0.302 e. The van der Waals surface area contributed by atoms with Crippen molar-refractivity contribution >= 4 is 0 Å². The van der Waals surface area contributed by atoms with E-state index in [1.807, 2.05) is 6.92 Å². The monoisotopic (exact) mass is 157 g/mol. The molecule has 0 aliphatic heterocycles. The average molecular weight is 157 g/mol. The van der Waals surface area contributed by atoms with Gasteiger partial charge in [-0.05, 0) is 25.2 Å². The summed E-state index contributed by atoms with van der Waals surface area (Å²) in [6.45, 7) is 6.12. The summed E-state index contributed by atoms with van der Waals surface area (Å²) in [5.41, 5.74) is 3.53. The van der Waals surface area contributed by atoms with Crippen LogP contribution in [0.25, 0.3) is 0 Å². The van der Waals surface area contributed by atoms with Gasteiger partial charge in [0.15, 0.2) is 0 Å². The molecule has 0 saturated heterocycles. The Morgan fingerprint density at radius 3 is 2.55 bits per heavy atom. The van der Waals surface area contributed by atoms with E-state index in [2.05, 4.69) is 12.4 Å². The van der Waals surface area contributed by atoms with Crippen molar-refractivity contribution in [2.45, 2.75) is 39.5 Å². The van der Waals surface area contributed by atoms with Crippen molar-refractivity contribution in [2.24, 2.45) is 5.41 Å². The standard InChI is InChI=1S/C9H19NO/c1-3-11-10-8-9(2)6-4-5-7-9/h10H,3-8H2,1-2H3. The van der Waals surface area contributed by atoms with Crippen LogP contribution in [-0.2, 0) is 4.84 Å². The van der Waals surface area contributed by atoms with Crippen LogP contribution in [0.15, 0.2) is 0 Å². The van der Waals surface area contributed by atoms with E-state index < -0.39 is 0 Å². The van der Waals surface area contributed by atoms with E-state index in [1.165, 1.54) is 25.7 Å². The second-order valence-corrected chi connectivity index (χ2v) is 3.77. The topological polar surface area (TPSA) is 21.3 Å². The van der Waals surface area contributed by atoms with Crippen LogP contribution in [0.4, 0.5) is 0 Å². The lowest BCUT2D eigenvalue weighted by Crippen LogP contribution is -2.29. The lowest BCUT2D eigenvalue weighted by atomic mass is 9.89. The van der Waals surface area contributed by atoms with Gasteiger partial charge < -0.3 is 4.84 Å². The Kier molecular flexibility index (Phi) is 3.34. The first-order valence-corrected chi connectivity index (χ1v) is 4.61. The molecule has 0 aromatic heterocycles. The highest BCUT2D eigenvalue weighted by atomic mass is 16.6. The molecule has 1 rings (SSSR count). The molecule has 2 nitrogen and oxygen atoms in total. The normalized spacial score (nSPS) is 22.4. The van der Waals surface area contributed by atoms with Gasteiger partial charge in [-0.25, -0.2) is 5.48 Å². The summed E-state index contributed by atoms with van der Waals surface area (Å²) in [5.74, 6) is 0. The Morgan fingerprint density at radius 2 is 2.00 bits per heavy atom. The lowest BCUT2D eigenvalue weighted by molar-refractivity contribution is 0.0275. The maximum absolute atomic E-state index is 5.11. The SMILES string of the molecule is CCONCC1(C)CCCC1. The molecule has 1 fully saturated rings. The molecule has 66 valence electrons. The van der Waals surface area contributed by atoms with Crippen LogP contribution < -0.4 is 5.48 Å². The van der Waals surface area contributed by atoms with E-state index in [9.17, 15) is 0 Å². The Hall–Kier alpha value is -0.0800. The fraction of sp³-hybridized carbons (Fsp3) is 1.00. The Labute approximate surface area is 69.3 Å². The van der Waals surface area contributed by atoms with Gasteiger partial charge in [0.2, 0.25) is 0 Å². The van der Waals surface area contributed by atoms with E-state index in [-0.39, 0.29) is 0 Å². The number of hydrogen-bond acceptors (Lipinski definition) is 2. The van der Waals surface area contributed by atoms with Gasteiger partial charge in [-0.2, -0.15) is 0 Å². The maximum Gasteiger partial charge on any atom is 0.0653 e. The summed E-state index contributed by atoms with van der Waals surface area (Å²) in [5, 5.41) is 0. The average Bonchev–Trinajstić information content (AvgIpc) is 2.38. The molecular formula is C9H19NO. The summed E-state index contributed by atoms with van der Waals surface area (Å²) in [4.78, 5) is 5.11. The summed E-state index contributed by atoms with van der Waals surface area (Å²) in [6, 6.07) is 0. The van der Waals surface area contributed by atoms with Crippen molar-refractivity contribution in [3.05, 3.63) is 0 Å². The van der Waals surface area contributed by atoms with Gasteiger partial charge >= 0.3 is 0 Å². The predicted octanol–water partition coefficient (Wildman–Crippen LogP) is 2.11. The fourth-order valence-electron chi connectivity index (χ4n) is 1.73. The summed E-state index contributed by atoms with van der Waals surface area (Å²) in [7, 11) is 0. The number of hydrogen-bond donors (Lipinski definition) is 1. The zero-order valence-electron chi connectivity index (χ0n) is 7.65. The van der Waals surface area contributed by atoms with Gasteiger partial charge in [0, 0.05) is 6.54 Å². The first kappa shape index (κ1) is 9.01. The van der Waals surface area contributed by atoms with Crippen molar-refractivity contribution in [3.8, 4) is 0 Å². The third-order valence-corrected chi connectivity index (χ3v) is 2.56. The molecule has 0 spiro atoms. The smallest absolute Gasteiger partial charge is 0.0653 e. The molecular weight excluding hydrogens is 138 g/mol. The lowest BCUT2D eigenvalue weighted by Gasteiger charge is -2.22. The second kappa shape index (κ2) is 4.07. The zero-order valence-corrected chi connectivity index (χ0v) is 7.65. The van der Waals surface area contributed by atoms with Crippen LogP contribution in [0.3, 0.4) is 0 Å². The van der Waals surface area contributed by atoms with Crippen molar-refractivity contribution in [3.63, 3.8) is 0 Å². The first-order chi connectivity index (χ1) is 5.27. The van der Waals surface area contributed by atoms with Crippen LogP contribution in [0.1, 0.15) is 39.5 Å². The molecule has 0 amide bonds. The van der Waals surface area contributed by atoms with Gasteiger partial charge in [0.1, 0.15) is 0 Å². The van der Waals surface area contributed by atoms with Crippen LogP contribution in [-0.4, -0.2) is 13.2 Å². The Morgan fingerprint density at radius 1 is 1.36 bits per heavy atom. The van der Waals surface area contributed by atoms with E-state index >= 15 is 0 Å².